The molecule has 0 aliphatic heterocycles. The first-order valence-electron chi connectivity index (χ1n) is 7.49. The minimum atomic E-state index is -0.219. The average molecular weight is 297 g/mol. The zero-order valence-corrected chi connectivity index (χ0v) is 13.6. The van der Waals surface area contributed by atoms with Gasteiger partial charge in [-0.1, -0.05) is 35.9 Å². The SMILES string of the molecule is COc1ccc(CNC(C)C(=O)c2ccc(C)cc2C)cc1. The summed E-state index contributed by atoms with van der Waals surface area (Å²) in [6.07, 6.45) is 0. The van der Waals surface area contributed by atoms with Crippen LogP contribution in [-0.2, 0) is 6.54 Å². The quantitative estimate of drug-likeness (QED) is 0.827. The number of nitrogens with one attached hydrogen (secondary N) is 1. The number of aryl methyl sites for hydroxylation is 2. The fraction of sp³-hybridized carbons (Fsp3) is 0.316. The van der Waals surface area contributed by atoms with Gasteiger partial charge in [-0.15, -0.1) is 0 Å². The van der Waals surface area contributed by atoms with Crippen molar-refractivity contribution in [3.63, 3.8) is 0 Å². The van der Waals surface area contributed by atoms with E-state index in [2.05, 4.69) is 5.32 Å². The molecule has 22 heavy (non-hydrogen) atoms. The number of hydrogen-bond acceptors (Lipinski definition) is 3. The van der Waals surface area contributed by atoms with Gasteiger partial charge in [0.25, 0.3) is 0 Å². The van der Waals surface area contributed by atoms with Gasteiger partial charge in [-0.05, 0) is 44.0 Å². The molecular weight excluding hydrogens is 274 g/mol. The molecule has 0 heterocycles. The van der Waals surface area contributed by atoms with Crippen LogP contribution in [-0.4, -0.2) is 18.9 Å². The number of rotatable bonds is 6. The van der Waals surface area contributed by atoms with Crippen LogP contribution >= 0.6 is 0 Å². The van der Waals surface area contributed by atoms with Crippen molar-refractivity contribution in [1.82, 2.24) is 5.32 Å². The molecule has 2 aromatic rings. The van der Waals surface area contributed by atoms with Gasteiger partial charge in [-0.3, -0.25) is 4.79 Å². The smallest absolute Gasteiger partial charge is 0.179 e. The lowest BCUT2D eigenvalue weighted by atomic mass is 9.98. The first kappa shape index (κ1) is 16.2. The van der Waals surface area contributed by atoms with E-state index in [1.165, 1.54) is 5.56 Å². The lowest BCUT2D eigenvalue weighted by molar-refractivity contribution is 0.0949. The van der Waals surface area contributed by atoms with Gasteiger partial charge in [-0.2, -0.15) is 0 Å². The summed E-state index contributed by atoms with van der Waals surface area (Å²) in [5.41, 5.74) is 4.12. The second-order valence-electron chi connectivity index (χ2n) is 5.63. The Labute approximate surface area is 132 Å². The molecule has 1 atom stereocenters. The third-order valence-corrected chi connectivity index (χ3v) is 3.81. The second kappa shape index (κ2) is 7.23. The maximum Gasteiger partial charge on any atom is 0.179 e. The van der Waals surface area contributed by atoms with Crippen molar-refractivity contribution in [2.45, 2.75) is 33.4 Å². The number of ketones is 1. The minimum absolute atomic E-state index is 0.131. The van der Waals surface area contributed by atoms with Gasteiger partial charge in [0.15, 0.2) is 5.78 Å². The van der Waals surface area contributed by atoms with Crippen molar-refractivity contribution in [3.05, 3.63) is 64.7 Å². The molecular formula is C19H23NO2. The Balaban J connectivity index is 1.98. The van der Waals surface area contributed by atoms with Crippen LogP contribution in [0.5, 0.6) is 5.75 Å². The Morgan fingerprint density at radius 1 is 1.14 bits per heavy atom. The minimum Gasteiger partial charge on any atom is -0.497 e. The van der Waals surface area contributed by atoms with Gasteiger partial charge >= 0.3 is 0 Å². The normalized spacial score (nSPS) is 12.0. The summed E-state index contributed by atoms with van der Waals surface area (Å²) in [5, 5.41) is 3.29. The van der Waals surface area contributed by atoms with Crippen LogP contribution in [0.4, 0.5) is 0 Å². The molecule has 1 unspecified atom stereocenters. The molecule has 116 valence electrons. The van der Waals surface area contributed by atoms with Gasteiger partial charge in [0, 0.05) is 12.1 Å². The maximum absolute atomic E-state index is 12.5. The molecule has 2 aromatic carbocycles. The monoisotopic (exact) mass is 297 g/mol. The Morgan fingerprint density at radius 2 is 1.82 bits per heavy atom. The summed E-state index contributed by atoms with van der Waals surface area (Å²) in [7, 11) is 1.65. The molecule has 0 fully saturated rings. The Hall–Kier alpha value is -2.13. The Kier molecular flexibility index (Phi) is 5.34. The molecule has 0 aliphatic rings. The number of benzene rings is 2. The zero-order chi connectivity index (χ0) is 16.1. The van der Waals surface area contributed by atoms with Gasteiger partial charge in [0.05, 0.1) is 13.2 Å². The van der Waals surface area contributed by atoms with Crippen LogP contribution in [0.3, 0.4) is 0 Å². The molecule has 0 amide bonds. The molecule has 3 heteroatoms. The second-order valence-corrected chi connectivity index (χ2v) is 5.63. The molecule has 3 nitrogen and oxygen atoms in total. The summed E-state index contributed by atoms with van der Waals surface area (Å²) >= 11 is 0. The van der Waals surface area contributed by atoms with E-state index in [-0.39, 0.29) is 11.8 Å². The number of methoxy groups -OCH3 is 1. The number of carbonyl (C=O) groups excluding carboxylic acids is 1. The fourth-order valence-electron chi connectivity index (χ4n) is 2.43. The molecule has 0 aromatic heterocycles. The molecule has 0 radical (unpaired) electrons. The van der Waals surface area contributed by atoms with Crippen molar-refractivity contribution in [2.24, 2.45) is 0 Å². The van der Waals surface area contributed by atoms with Crippen molar-refractivity contribution in [2.75, 3.05) is 7.11 Å². The first-order chi connectivity index (χ1) is 10.5. The maximum atomic E-state index is 12.5. The zero-order valence-electron chi connectivity index (χ0n) is 13.6. The molecule has 0 bridgehead atoms. The van der Waals surface area contributed by atoms with E-state index in [9.17, 15) is 4.79 Å². The molecule has 1 N–H and O–H groups in total. The number of hydrogen-bond donors (Lipinski definition) is 1. The topological polar surface area (TPSA) is 38.3 Å². The number of carbonyl (C=O) groups is 1. The summed E-state index contributed by atoms with van der Waals surface area (Å²) in [4.78, 5) is 12.5. The highest BCUT2D eigenvalue weighted by Gasteiger charge is 2.16. The summed E-state index contributed by atoms with van der Waals surface area (Å²) in [5.74, 6) is 0.967. The van der Waals surface area contributed by atoms with Crippen LogP contribution in [0, 0.1) is 13.8 Å². The molecule has 0 aliphatic carbocycles. The third kappa shape index (κ3) is 3.95. The average Bonchev–Trinajstić information content (AvgIpc) is 2.52. The summed E-state index contributed by atoms with van der Waals surface area (Å²) in [6, 6.07) is 13.6. The van der Waals surface area contributed by atoms with Gasteiger partial charge < -0.3 is 10.1 Å². The largest absolute Gasteiger partial charge is 0.497 e. The third-order valence-electron chi connectivity index (χ3n) is 3.81. The predicted molar refractivity (Wildman–Crippen MR) is 89.5 cm³/mol. The van der Waals surface area contributed by atoms with Crippen molar-refractivity contribution in [1.29, 1.82) is 0 Å². The van der Waals surface area contributed by atoms with Crippen LogP contribution in [0.1, 0.15) is 34.0 Å². The van der Waals surface area contributed by atoms with Gasteiger partial charge in [0.1, 0.15) is 5.75 Å². The van der Waals surface area contributed by atoms with E-state index >= 15 is 0 Å². The van der Waals surface area contributed by atoms with Gasteiger partial charge in [-0.25, -0.2) is 0 Å². The van der Waals surface area contributed by atoms with Crippen LogP contribution in [0.2, 0.25) is 0 Å². The standard InChI is InChI=1S/C19H23NO2/c1-13-5-10-18(14(2)11-13)19(21)15(3)20-12-16-6-8-17(22-4)9-7-16/h5-11,15,20H,12H2,1-4H3. The van der Waals surface area contributed by atoms with E-state index < -0.39 is 0 Å². The van der Waals surface area contributed by atoms with E-state index in [0.717, 1.165) is 22.4 Å². The molecule has 0 saturated carbocycles. The lowest BCUT2D eigenvalue weighted by Crippen LogP contribution is -2.33. The van der Waals surface area contributed by atoms with Crippen molar-refractivity contribution < 1.29 is 9.53 Å². The van der Waals surface area contributed by atoms with Gasteiger partial charge in [0.2, 0.25) is 0 Å². The Morgan fingerprint density at radius 3 is 2.41 bits per heavy atom. The lowest BCUT2D eigenvalue weighted by Gasteiger charge is -2.15. The summed E-state index contributed by atoms with van der Waals surface area (Å²) < 4.78 is 5.14. The number of Topliss-reactive ketones (excluding diaryl/α,β-unsaturated/α-hetero) is 1. The van der Waals surface area contributed by atoms with Crippen molar-refractivity contribution >= 4 is 5.78 Å². The molecule has 0 spiro atoms. The van der Waals surface area contributed by atoms with Crippen LogP contribution in [0.15, 0.2) is 42.5 Å². The first-order valence-corrected chi connectivity index (χ1v) is 7.49. The summed E-state index contributed by atoms with van der Waals surface area (Å²) in [6.45, 7) is 6.58. The molecule has 2 rings (SSSR count). The van der Waals surface area contributed by atoms with E-state index in [4.69, 9.17) is 4.74 Å². The number of ether oxygens (including phenoxy) is 1. The van der Waals surface area contributed by atoms with E-state index in [1.807, 2.05) is 63.2 Å². The molecule has 0 saturated heterocycles. The highest BCUT2D eigenvalue weighted by molar-refractivity contribution is 6.01. The highest BCUT2D eigenvalue weighted by Crippen LogP contribution is 2.14. The Bertz CT molecular complexity index is 647. The van der Waals surface area contributed by atoms with E-state index in [1.54, 1.807) is 7.11 Å². The van der Waals surface area contributed by atoms with Crippen LogP contribution in [0.25, 0.3) is 0 Å². The predicted octanol–water partition coefficient (Wildman–Crippen LogP) is 3.67. The van der Waals surface area contributed by atoms with Crippen LogP contribution < -0.4 is 10.1 Å². The van der Waals surface area contributed by atoms with E-state index in [0.29, 0.717) is 6.54 Å². The van der Waals surface area contributed by atoms with Crippen molar-refractivity contribution in [3.8, 4) is 5.75 Å². The fourth-order valence-corrected chi connectivity index (χ4v) is 2.43. The highest BCUT2D eigenvalue weighted by atomic mass is 16.5.